The molecule has 3 rings (SSSR count). The molecule has 174 valence electrons. The van der Waals surface area contributed by atoms with Crippen LogP contribution in [-0.2, 0) is 21.2 Å². The van der Waals surface area contributed by atoms with Crippen molar-refractivity contribution in [1.82, 2.24) is 5.32 Å². The summed E-state index contributed by atoms with van der Waals surface area (Å²) in [7, 11) is -3.99. The summed E-state index contributed by atoms with van der Waals surface area (Å²) in [5.41, 5.74) is 1.52. The van der Waals surface area contributed by atoms with Crippen LogP contribution in [0.15, 0.2) is 89.8 Å². The van der Waals surface area contributed by atoms with Gasteiger partial charge in [0.25, 0.3) is 10.0 Å². The van der Waals surface area contributed by atoms with Crippen LogP contribution < -0.4 is 14.4 Å². The van der Waals surface area contributed by atoms with Gasteiger partial charge >= 0.3 is 0 Å². The van der Waals surface area contributed by atoms with Crippen LogP contribution in [-0.4, -0.2) is 33.5 Å². The van der Waals surface area contributed by atoms with E-state index in [2.05, 4.69) is 5.32 Å². The van der Waals surface area contributed by atoms with E-state index < -0.39 is 10.0 Å². The van der Waals surface area contributed by atoms with Crippen molar-refractivity contribution < 1.29 is 17.9 Å². The van der Waals surface area contributed by atoms with Gasteiger partial charge in [0.15, 0.2) is 0 Å². The van der Waals surface area contributed by atoms with Gasteiger partial charge in [-0.05, 0) is 56.5 Å². The zero-order chi connectivity index (χ0) is 23.7. The largest absolute Gasteiger partial charge is 0.492 e. The summed E-state index contributed by atoms with van der Waals surface area (Å²) in [6.07, 6.45) is 1.57. The molecule has 3 aromatic rings. The number of hydrogen-bond acceptors (Lipinski definition) is 4. The molecule has 1 atom stereocenters. The number of nitrogens with one attached hydrogen (secondary N) is 1. The summed E-state index contributed by atoms with van der Waals surface area (Å²) in [6, 6.07) is 24.9. The van der Waals surface area contributed by atoms with Crippen LogP contribution in [0.3, 0.4) is 0 Å². The van der Waals surface area contributed by atoms with E-state index in [9.17, 15) is 13.2 Å². The molecular formula is C26H30N2O4S. The number of ether oxygens (including phenoxy) is 1. The highest BCUT2D eigenvalue weighted by Gasteiger charge is 2.29. The number of anilines is 1. The van der Waals surface area contributed by atoms with Crippen LogP contribution in [0.4, 0.5) is 5.69 Å². The average Bonchev–Trinajstić information content (AvgIpc) is 2.83. The molecule has 0 radical (unpaired) electrons. The lowest BCUT2D eigenvalue weighted by Gasteiger charge is -2.26. The van der Waals surface area contributed by atoms with Gasteiger partial charge in [0.05, 0.1) is 17.2 Å². The minimum atomic E-state index is -3.99. The Kier molecular flexibility index (Phi) is 8.49. The Morgan fingerprint density at radius 2 is 1.55 bits per heavy atom. The molecule has 7 heteroatoms. The zero-order valence-corrected chi connectivity index (χ0v) is 19.8. The summed E-state index contributed by atoms with van der Waals surface area (Å²) >= 11 is 0. The predicted octanol–water partition coefficient (Wildman–Crippen LogP) is 4.42. The van der Waals surface area contributed by atoms with Crippen molar-refractivity contribution in [3.63, 3.8) is 0 Å². The molecule has 0 aliphatic heterocycles. The molecular weight excluding hydrogens is 436 g/mol. The van der Waals surface area contributed by atoms with Gasteiger partial charge in [0.2, 0.25) is 5.91 Å². The van der Waals surface area contributed by atoms with Gasteiger partial charge in [-0.3, -0.25) is 9.10 Å². The molecule has 0 aliphatic carbocycles. The van der Waals surface area contributed by atoms with Crippen molar-refractivity contribution in [3.05, 3.63) is 90.5 Å². The quantitative estimate of drug-likeness (QED) is 0.454. The molecule has 0 fully saturated rings. The molecule has 6 nitrogen and oxygen atoms in total. The molecule has 3 aromatic carbocycles. The van der Waals surface area contributed by atoms with Gasteiger partial charge in [-0.15, -0.1) is 0 Å². The van der Waals surface area contributed by atoms with Gasteiger partial charge in [-0.1, -0.05) is 60.7 Å². The molecule has 0 bridgehead atoms. The molecule has 0 saturated heterocycles. The standard InChI is InChI=1S/C26H30N2O4S/c1-3-32-25-17-11-10-16-24(25)28(33(30,31)23-14-8-5-9-15-23)20-26(29)27-21(2)18-19-22-12-6-4-7-13-22/h4-17,21H,3,18-20H2,1-2H3,(H,27,29)/t21-/m0/s1. The molecule has 1 N–H and O–H groups in total. The Labute approximate surface area is 196 Å². The second-order valence-electron chi connectivity index (χ2n) is 7.72. The van der Waals surface area contributed by atoms with Crippen LogP contribution in [0.5, 0.6) is 5.75 Å². The lowest BCUT2D eigenvalue weighted by atomic mass is 10.1. The van der Waals surface area contributed by atoms with E-state index in [-0.39, 0.29) is 23.4 Å². The number of rotatable bonds is 11. The van der Waals surface area contributed by atoms with E-state index in [0.29, 0.717) is 18.0 Å². The summed E-state index contributed by atoms with van der Waals surface area (Å²) in [4.78, 5) is 13.0. The van der Waals surface area contributed by atoms with E-state index in [1.165, 1.54) is 17.7 Å². The van der Waals surface area contributed by atoms with Crippen molar-refractivity contribution >= 4 is 21.6 Å². The molecule has 0 aliphatic rings. The topological polar surface area (TPSA) is 75.7 Å². The number of amides is 1. The van der Waals surface area contributed by atoms with Gasteiger partial charge < -0.3 is 10.1 Å². The Morgan fingerprint density at radius 3 is 2.21 bits per heavy atom. The highest BCUT2D eigenvalue weighted by Crippen LogP contribution is 2.32. The second kappa shape index (κ2) is 11.5. The van der Waals surface area contributed by atoms with Gasteiger partial charge in [0.1, 0.15) is 12.3 Å². The van der Waals surface area contributed by atoms with E-state index in [1.807, 2.05) is 44.2 Å². The third kappa shape index (κ3) is 6.58. The predicted molar refractivity (Wildman–Crippen MR) is 131 cm³/mol. The minimum Gasteiger partial charge on any atom is -0.492 e. The fraction of sp³-hybridized carbons (Fsp3) is 0.269. The molecule has 0 saturated carbocycles. The van der Waals surface area contributed by atoms with Gasteiger partial charge in [-0.25, -0.2) is 8.42 Å². The maximum Gasteiger partial charge on any atom is 0.264 e. The number of para-hydroxylation sites is 2. The van der Waals surface area contributed by atoms with Crippen molar-refractivity contribution in [1.29, 1.82) is 0 Å². The Morgan fingerprint density at radius 1 is 0.939 bits per heavy atom. The van der Waals surface area contributed by atoms with Crippen molar-refractivity contribution in [2.45, 2.75) is 37.6 Å². The van der Waals surface area contributed by atoms with Gasteiger partial charge in [-0.2, -0.15) is 0 Å². The Hall–Kier alpha value is -3.32. The zero-order valence-electron chi connectivity index (χ0n) is 19.0. The summed E-state index contributed by atoms with van der Waals surface area (Å²) < 4.78 is 33.8. The molecule has 1 amide bonds. The number of nitrogens with zero attached hydrogens (tertiary/aromatic N) is 1. The monoisotopic (exact) mass is 466 g/mol. The Balaban J connectivity index is 1.80. The molecule has 0 heterocycles. The first-order valence-electron chi connectivity index (χ1n) is 11.0. The normalized spacial score (nSPS) is 12.1. The fourth-order valence-electron chi connectivity index (χ4n) is 3.51. The third-order valence-electron chi connectivity index (χ3n) is 5.17. The molecule has 0 unspecified atom stereocenters. The maximum atomic E-state index is 13.5. The molecule has 0 spiro atoms. The van der Waals surface area contributed by atoms with E-state index in [0.717, 1.165) is 17.1 Å². The highest BCUT2D eigenvalue weighted by atomic mass is 32.2. The van der Waals surface area contributed by atoms with Crippen LogP contribution in [0.2, 0.25) is 0 Å². The first kappa shape index (κ1) is 24.3. The first-order valence-corrected chi connectivity index (χ1v) is 12.5. The number of carbonyl (C=O) groups is 1. The lowest BCUT2D eigenvalue weighted by molar-refractivity contribution is -0.120. The van der Waals surface area contributed by atoms with Crippen LogP contribution in [0, 0.1) is 0 Å². The van der Waals surface area contributed by atoms with E-state index >= 15 is 0 Å². The third-order valence-corrected chi connectivity index (χ3v) is 6.94. The minimum absolute atomic E-state index is 0.110. The van der Waals surface area contributed by atoms with E-state index in [4.69, 9.17) is 4.74 Å². The first-order chi connectivity index (χ1) is 15.9. The molecule has 0 aromatic heterocycles. The average molecular weight is 467 g/mol. The number of carbonyl (C=O) groups excluding carboxylic acids is 1. The van der Waals surface area contributed by atoms with Crippen LogP contribution in [0.25, 0.3) is 0 Å². The number of hydrogen-bond donors (Lipinski definition) is 1. The number of aryl methyl sites for hydroxylation is 1. The number of benzene rings is 3. The maximum absolute atomic E-state index is 13.5. The lowest BCUT2D eigenvalue weighted by Crippen LogP contribution is -2.43. The fourth-order valence-corrected chi connectivity index (χ4v) is 4.96. The highest BCUT2D eigenvalue weighted by molar-refractivity contribution is 7.92. The summed E-state index contributed by atoms with van der Waals surface area (Å²) in [6.45, 7) is 3.77. The SMILES string of the molecule is CCOc1ccccc1N(CC(=O)N[C@@H](C)CCc1ccccc1)S(=O)(=O)c1ccccc1. The smallest absolute Gasteiger partial charge is 0.264 e. The van der Waals surface area contributed by atoms with Crippen LogP contribution >= 0.6 is 0 Å². The second-order valence-corrected chi connectivity index (χ2v) is 9.58. The molecule has 33 heavy (non-hydrogen) atoms. The van der Waals surface area contributed by atoms with Crippen LogP contribution in [0.1, 0.15) is 25.8 Å². The Bertz CT molecular complexity index is 1140. The summed E-state index contributed by atoms with van der Waals surface area (Å²) in [5, 5.41) is 2.94. The van der Waals surface area contributed by atoms with Crippen molar-refractivity contribution in [2.24, 2.45) is 0 Å². The number of sulfonamides is 1. The van der Waals surface area contributed by atoms with Gasteiger partial charge in [0, 0.05) is 6.04 Å². The van der Waals surface area contributed by atoms with Crippen molar-refractivity contribution in [3.8, 4) is 5.75 Å². The van der Waals surface area contributed by atoms with E-state index in [1.54, 1.807) is 42.5 Å². The van der Waals surface area contributed by atoms with Crippen molar-refractivity contribution in [2.75, 3.05) is 17.5 Å². The summed E-state index contributed by atoms with van der Waals surface area (Å²) in [5.74, 6) is 0.0331.